The molecule has 0 radical (unpaired) electrons. The van der Waals surface area contributed by atoms with Crippen molar-refractivity contribution in [1.29, 1.82) is 0 Å². The molecule has 5 heteroatoms. The lowest BCUT2D eigenvalue weighted by Crippen LogP contribution is -2.10. The van der Waals surface area contributed by atoms with Crippen LogP contribution in [-0.2, 0) is 15.4 Å². The number of nitrogens with zero attached hydrogens (tertiary/aromatic N) is 1. The van der Waals surface area contributed by atoms with Crippen molar-refractivity contribution in [2.24, 2.45) is 0 Å². The topological polar surface area (TPSA) is 40.6 Å². The number of methoxy groups -OCH3 is 1. The fraction of sp³-hybridized carbons (Fsp3) is 0.583. The van der Waals surface area contributed by atoms with E-state index in [1.54, 1.807) is 7.11 Å². The number of rotatable bonds is 8. The molecule has 4 nitrogen and oxygen atoms in total. The van der Waals surface area contributed by atoms with Crippen LogP contribution in [0.25, 0.3) is 0 Å². The zero-order chi connectivity index (χ0) is 12.5. The summed E-state index contributed by atoms with van der Waals surface area (Å²) >= 11 is 5.77. The Morgan fingerprint density at radius 1 is 1.18 bits per heavy atom. The highest BCUT2D eigenvalue weighted by molar-refractivity contribution is 6.17. The Hall–Kier alpha value is -0.840. The second-order valence-corrected chi connectivity index (χ2v) is 3.81. The molecule has 96 valence electrons. The zero-order valence-corrected chi connectivity index (χ0v) is 11.0. The Kier molecular flexibility index (Phi) is 6.93. The summed E-state index contributed by atoms with van der Waals surface area (Å²) in [5, 5.41) is 0. The molecule has 0 spiro atoms. The van der Waals surface area contributed by atoms with E-state index in [0.717, 1.165) is 11.3 Å². The minimum absolute atomic E-state index is 0.462. The summed E-state index contributed by atoms with van der Waals surface area (Å²) < 4.78 is 15.6. The molecule has 0 aromatic carbocycles. The van der Waals surface area contributed by atoms with Crippen molar-refractivity contribution in [3.05, 3.63) is 23.4 Å². The number of hydrogen-bond acceptors (Lipinski definition) is 4. The van der Waals surface area contributed by atoms with E-state index in [1.165, 1.54) is 0 Å². The Bertz CT molecular complexity index is 334. The number of aryl methyl sites for hydroxylation is 1. The molecule has 0 aliphatic carbocycles. The maximum atomic E-state index is 5.77. The van der Waals surface area contributed by atoms with Crippen LogP contribution in [0.1, 0.15) is 11.3 Å². The molecular weight excluding hydrogens is 242 g/mol. The molecule has 0 unspecified atom stereocenters. The smallest absolute Gasteiger partial charge is 0.213 e. The summed E-state index contributed by atoms with van der Waals surface area (Å²) in [5.41, 5.74) is 1.91. The van der Waals surface area contributed by atoms with E-state index in [4.69, 9.17) is 25.8 Å². The molecule has 1 aromatic heterocycles. The molecule has 0 bridgehead atoms. The van der Waals surface area contributed by atoms with Gasteiger partial charge in [0, 0.05) is 24.8 Å². The first kappa shape index (κ1) is 14.2. The van der Waals surface area contributed by atoms with Crippen LogP contribution >= 0.6 is 11.6 Å². The van der Waals surface area contributed by atoms with Gasteiger partial charge in [-0.1, -0.05) is 0 Å². The van der Waals surface area contributed by atoms with E-state index >= 15 is 0 Å². The highest BCUT2D eigenvalue weighted by Crippen LogP contribution is 2.13. The quantitative estimate of drug-likeness (QED) is 0.530. The van der Waals surface area contributed by atoms with E-state index in [1.807, 2.05) is 19.1 Å². The summed E-state index contributed by atoms with van der Waals surface area (Å²) in [6.45, 7) is 4.09. The summed E-state index contributed by atoms with van der Waals surface area (Å²) in [6, 6.07) is 3.78. The van der Waals surface area contributed by atoms with Crippen LogP contribution in [-0.4, -0.2) is 38.5 Å². The second-order valence-electron chi connectivity index (χ2n) is 3.54. The van der Waals surface area contributed by atoms with Crippen molar-refractivity contribution in [3.8, 4) is 5.88 Å². The molecule has 0 N–H and O–H groups in total. The number of pyridine rings is 1. The van der Waals surface area contributed by atoms with Gasteiger partial charge in [0.1, 0.15) is 6.61 Å². The molecule has 0 atom stereocenters. The number of halogens is 1. The highest BCUT2D eigenvalue weighted by Gasteiger charge is 2.00. The molecule has 17 heavy (non-hydrogen) atoms. The molecule has 1 rings (SSSR count). The van der Waals surface area contributed by atoms with E-state index in [9.17, 15) is 0 Å². The third-order valence-electron chi connectivity index (χ3n) is 2.05. The van der Waals surface area contributed by atoms with E-state index in [2.05, 4.69) is 4.98 Å². The first-order valence-corrected chi connectivity index (χ1v) is 6.02. The van der Waals surface area contributed by atoms with E-state index < -0.39 is 0 Å². The van der Waals surface area contributed by atoms with Gasteiger partial charge in [0.2, 0.25) is 5.88 Å². The molecule has 0 fully saturated rings. The largest absolute Gasteiger partial charge is 0.475 e. The van der Waals surface area contributed by atoms with Crippen molar-refractivity contribution >= 4 is 11.6 Å². The summed E-state index contributed by atoms with van der Waals surface area (Å²) in [7, 11) is 1.64. The first-order valence-electron chi connectivity index (χ1n) is 5.49. The van der Waals surface area contributed by atoms with Gasteiger partial charge in [0.05, 0.1) is 19.8 Å². The van der Waals surface area contributed by atoms with Crippen LogP contribution in [0.3, 0.4) is 0 Å². The Balaban J connectivity index is 2.28. The van der Waals surface area contributed by atoms with Gasteiger partial charge < -0.3 is 14.2 Å². The van der Waals surface area contributed by atoms with Crippen LogP contribution < -0.4 is 4.74 Å². The van der Waals surface area contributed by atoms with Gasteiger partial charge in [0.25, 0.3) is 0 Å². The highest BCUT2D eigenvalue weighted by atomic mass is 35.5. The molecule has 0 saturated heterocycles. The van der Waals surface area contributed by atoms with Gasteiger partial charge in [-0.05, 0) is 18.6 Å². The third kappa shape index (κ3) is 5.86. The first-order chi connectivity index (χ1) is 8.26. The van der Waals surface area contributed by atoms with Gasteiger partial charge in [-0.3, -0.25) is 0 Å². The Morgan fingerprint density at radius 3 is 2.65 bits per heavy atom. The number of ether oxygens (including phenoxy) is 3. The standard InChI is InChI=1S/C12H18ClNO3/c1-10-7-11(9-13)8-12(14-10)17-6-5-16-4-3-15-2/h7-8H,3-6,9H2,1-2H3. The van der Waals surface area contributed by atoms with Crippen LogP contribution in [0.4, 0.5) is 0 Å². The van der Waals surface area contributed by atoms with Gasteiger partial charge >= 0.3 is 0 Å². The molecule has 0 aliphatic heterocycles. The van der Waals surface area contributed by atoms with Gasteiger partial charge in [-0.15, -0.1) is 11.6 Å². The van der Waals surface area contributed by atoms with Crippen LogP contribution in [0.15, 0.2) is 12.1 Å². The SMILES string of the molecule is COCCOCCOc1cc(CCl)cc(C)n1. The fourth-order valence-corrected chi connectivity index (χ4v) is 1.46. The molecular formula is C12H18ClNO3. The molecule has 0 amide bonds. The second kappa shape index (κ2) is 8.28. The van der Waals surface area contributed by atoms with Crippen LogP contribution in [0, 0.1) is 6.92 Å². The van der Waals surface area contributed by atoms with Crippen LogP contribution in [0.5, 0.6) is 5.88 Å². The van der Waals surface area contributed by atoms with Crippen molar-refractivity contribution in [1.82, 2.24) is 4.98 Å². The van der Waals surface area contributed by atoms with Crippen molar-refractivity contribution < 1.29 is 14.2 Å². The average molecular weight is 260 g/mol. The normalized spacial score (nSPS) is 10.5. The zero-order valence-electron chi connectivity index (χ0n) is 10.2. The summed E-state index contributed by atoms with van der Waals surface area (Å²) in [5.74, 6) is 1.06. The lowest BCUT2D eigenvalue weighted by molar-refractivity contribution is 0.0536. The Morgan fingerprint density at radius 2 is 1.94 bits per heavy atom. The summed E-state index contributed by atoms with van der Waals surface area (Å²) in [4.78, 5) is 4.25. The minimum atomic E-state index is 0.462. The number of hydrogen-bond donors (Lipinski definition) is 0. The van der Waals surface area contributed by atoms with Crippen molar-refractivity contribution in [2.75, 3.05) is 33.5 Å². The van der Waals surface area contributed by atoms with Gasteiger partial charge in [0.15, 0.2) is 0 Å². The van der Waals surface area contributed by atoms with Crippen LogP contribution in [0.2, 0.25) is 0 Å². The van der Waals surface area contributed by atoms with Gasteiger partial charge in [-0.2, -0.15) is 0 Å². The van der Waals surface area contributed by atoms with Crippen molar-refractivity contribution in [2.45, 2.75) is 12.8 Å². The predicted octanol–water partition coefficient (Wildman–Crippen LogP) is 2.17. The third-order valence-corrected chi connectivity index (χ3v) is 2.36. The number of aromatic nitrogens is 1. The number of alkyl halides is 1. The fourth-order valence-electron chi connectivity index (χ4n) is 1.31. The molecule has 1 aromatic rings. The van der Waals surface area contributed by atoms with E-state index in [-0.39, 0.29) is 0 Å². The minimum Gasteiger partial charge on any atom is -0.475 e. The Labute approximate surface area is 107 Å². The lowest BCUT2D eigenvalue weighted by atomic mass is 10.2. The maximum Gasteiger partial charge on any atom is 0.213 e. The lowest BCUT2D eigenvalue weighted by Gasteiger charge is -2.08. The maximum absolute atomic E-state index is 5.77. The molecule has 0 saturated carbocycles. The monoisotopic (exact) mass is 259 g/mol. The van der Waals surface area contributed by atoms with Crippen molar-refractivity contribution in [3.63, 3.8) is 0 Å². The van der Waals surface area contributed by atoms with Gasteiger partial charge in [-0.25, -0.2) is 4.98 Å². The molecule has 1 heterocycles. The van der Waals surface area contributed by atoms with E-state index in [0.29, 0.717) is 38.2 Å². The summed E-state index contributed by atoms with van der Waals surface area (Å²) in [6.07, 6.45) is 0. The average Bonchev–Trinajstić information content (AvgIpc) is 2.33. The molecule has 0 aliphatic rings. The predicted molar refractivity (Wildman–Crippen MR) is 66.7 cm³/mol.